The summed E-state index contributed by atoms with van der Waals surface area (Å²) in [5.74, 6) is 3.57. The van der Waals surface area contributed by atoms with Crippen molar-refractivity contribution in [3.63, 3.8) is 0 Å². The number of hydrogen-bond donors (Lipinski definition) is 0. The number of aryl methyl sites for hydroxylation is 1. The van der Waals surface area contributed by atoms with Crippen molar-refractivity contribution in [3.05, 3.63) is 119 Å². The van der Waals surface area contributed by atoms with E-state index in [0.29, 0.717) is 29.3 Å². The molecule has 278 valence electrons. The van der Waals surface area contributed by atoms with Gasteiger partial charge in [-0.15, -0.1) is 41.3 Å². The van der Waals surface area contributed by atoms with Gasteiger partial charge >= 0.3 is 21.1 Å². The molecule has 0 spiro atoms. The summed E-state index contributed by atoms with van der Waals surface area (Å²) in [6, 6.07) is 28.7. The summed E-state index contributed by atoms with van der Waals surface area (Å²) in [5.41, 5.74) is 10.8. The monoisotopic (exact) mass is 885 g/mol. The topological polar surface area (TPSA) is 44.9 Å². The van der Waals surface area contributed by atoms with Gasteiger partial charge in [0, 0.05) is 40.4 Å². The summed E-state index contributed by atoms with van der Waals surface area (Å²) in [6.45, 7) is 20.5. The number of hydrogen-bond acceptors (Lipinski definition) is 3. The molecule has 3 heterocycles. The van der Waals surface area contributed by atoms with E-state index in [4.69, 9.17) is 14.8 Å². The quantitative estimate of drug-likeness (QED) is 0.102. The molecule has 0 saturated heterocycles. The summed E-state index contributed by atoms with van der Waals surface area (Å²) in [4.78, 5) is 4.83. The fourth-order valence-corrected chi connectivity index (χ4v) is 8.14. The van der Waals surface area contributed by atoms with Gasteiger partial charge in [0.15, 0.2) is 0 Å². The number of para-hydroxylation sites is 1. The van der Waals surface area contributed by atoms with Crippen LogP contribution in [0.15, 0.2) is 78.5 Å². The second kappa shape index (κ2) is 15.8. The first-order valence-electron chi connectivity index (χ1n) is 19.4. The number of rotatable bonds is 10. The molecule has 7 rings (SSSR count). The van der Waals surface area contributed by atoms with Gasteiger partial charge in [0.2, 0.25) is 0 Å². The predicted molar refractivity (Wildman–Crippen MR) is 216 cm³/mol. The first-order valence-corrected chi connectivity index (χ1v) is 19.4. The fourth-order valence-electron chi connectivity index (χ4n) is 8.14. The normalized spacial score (nSPS) is 16.3. The molecule has 0 fully saturated rings. The largest absolute Gasteiger partial charge is 2.00 e. The number of fused-ring (bicyclic) bond motifs is 3. The van der Waals surface area contributed by atoms with Crippen LogP contribution in [0.3, 0.4) is 0 Å². The van der Waals surface area contributed by atoms with Crippen molar-refractivity contribution >= 4 is 21.8 Å². The molecule has 2 atom stereocenters. The Hall–Kier alpha value is -3.95. The van der Waals surface area contributed by atoms with Crippen LogP contribution in [-0.2, 0) is 39.3 Å². The number of nitrogens with zero attached hydrogens (tertiary/aromatic N) is 4. The Morgan fingerprint density at radius 2 is 1.70 bits per heavy atom. The molecule has 0 bridgehead atoms. The van der Waals surface area contributed by atoms with Crippen molar-refractivity contribution in [2.45, 2.75) is 118 Å². The molecule has 6 heteroatoms. The molecule has 5 nitrogen and oxygen atoms in total. The molecule has 1 unspecified atom stereocenters. The maximum absolute atomic E-state index is 6.77. The predicted octanol–water partition coefficient (Wildman–Crippen LogP) is 12.5. The third-order valence-electron chi connectivity index (χ3n) is 10.9. The standard InChI is InChI=1S/C47H54N4O.Pt/c1-10-15-40-46(45-31(5)17-14-18-32(45)6)42(16-11-2)51(49-40)35-26-34(47(7,8)9)27-37(28-35)52-36-21-22-39-38-19-12-13-20-41(38)50(43(39)29-36)44-25-33(30(3)4)23-24-48-44;/h12-13,17,19-27,30,32,45H,10-11,14-16,18H2,1-9H3;/q-2;+2/t32-,45?;/m0./s1. The minimum absolute atomic E-state index is 0. The van der Waals surface area contributed by atoms with Crippen LogP contribution in [0.2, 0.25) is 0 Å². The molecule has 0 radical (unpaired) electrons. The van der Waals surface area contributed by atoms with Crippen LogP contribution < -0.4 is 4.74 Å². The summed E-state index contributed by atoms with van der Waals surface area (Å²) in [6.07, 6.45) is 10.8. The molecule has 0 saturated carbocycles. The Bertz CT molecular complexity index is 2270. The van der Waals surface area contributed by atoms with E-state index in [0.717, 1.165) is 60.0 Å². The van der Waals surface area contributed by atoms with Crippen molar-refractivity contribution in [2.75, 3.05) is 0 Å². The van der Waals surface area contributed by atoms with Crippen molar-refractivity contribution < 1.29 is 25.8 Å². The Balaban J connectivity index is 0.00000481. The van der Waals surface area contributed by atoms with Gasteiger partial charge < -0.3 is 9.30 Å². The summed E-state index contributed by atoms with van der Waals surface area (Å²) >= 11 is 0. The Kier molecular flexibility index (Phi) is 11.6. The van der Waals surface area contributed by atoms with Crippen LogP contribution in [0.1, 0.15) is 128 Å². The molecular formula is C47H54N4OPt. The SMILES string of the molecule is CCCc1nn(-c2[c-]c(Oc3[c-]c4c(cc3)c3ccccc3n4-c3cc(C(C)C)ccn3)cc(C(C)(C)C)c2)c(CCC)c1C1C(C)=CCC[C@@H]1C.[Pt+2]. The minimum Gasteiger partial charge on any atom is -0.509 e. The van der Waals surface area contributed by atoms with Gasteiger partial charge in [0.1, 0.15) is 5.82 Å². The number of aromatic nitrogens is 4. The molecule has 1 aliphatic rings. The van der Waals surface area contributed by atoms with Gasteiger partial charge in [0.05, 0.1) is 5.69 Å². The van der Waals surface area contributed by atoms with Gasteiger partial charge in [-0.2, -0.15) is 11.2 Å². The second-order valence-electron chi connectivity index (χ2n) is 16.2. The van der Waals surface area contributed by atoms with Crippen LogP contribution in [0.25, 0.3) is 33.3 Å². The van der Waals surface area contributed by atoms with Crippen molar-refractivity contribution in [1.82, 2.24) is 19.3 Å². The van der Waals surface area contributed by atoms with Gasteiger partial charge in [-0.25, -0.2) is 4.98 Å². The van der Waals surface area contributed by atoms with E-state index in [-0.39, 0.29) is 26.5 Å². The number of benzene rings is 3. The van der Waals surface area contributed by atoms with Crippen molar-refractivity contribution in [3.8, 4) is 23.0 Å². The average Bonchev–Trinajstić information content (AvgIpc) is 3.63. The number of ether oxygens (including phenoxy) is 1. The molecular weight excluding hydrogens is 832 g/mol. The number of pyridine rings is 1. The summed E-state index contributed by atoms with van der Waals surface area (Å²) in [5, 5.41) is 7.70. The first-order chi connectivity index (χ1) is 25.0. The Morgan fingerprint density at radius 1 is 0.925 bits per heavy atom. The molecule has 1 aliphatic carbocycles. The Labute approximate surface area is 331 Å². The molecule has 3 aromatic heterocycles. The fraction of sp³-hybridized carbons (Fsp3) is 0.404. The third kappa shape index (κ3) is 7.57. The van der Waals surface area contributed by atoms with E-state index in [2.05, 4.69) is 144 Å². The zero-order valence-corrected chi connectivity index (χ0v) is 35.2. The zero-order valence-electron chi connectivity index (χ0n) is 32.9. The molecule has 0 amide bonds. The van der Waals surface area contributed by atoms with Crippen LogP contribution >= 0.6 is 0 Å². The van der Waals surface area contributed by atoms with E-state index in [1.165, 1.54) is 45.5 Å². The molecule has 3 aromatic carbocycles. The molecule has 53 heavy (non-hydrogen) atoms. The molecule has 0 aliphatic heterocycles. The molecule has 6 aromatic rings. The zero-order chi connectivity index (χ0) is 36.7. The van der Waals surface area contributed by atoms with Crippen LogP contribution in [0.4, 0.5) is 0 Å². The van der Waals surface area contributed by atoms with Crippen molar-refractivity contribution in [1.29, 1.82) is 0 Å². The van der Waals surface area contributed by atoms with Crippen molar-refractivity contribution in [2.24, 2.45) is 5.92 Å². The van der Waals surface area contributed by atoms with E-state index < -0.39 is 0 Å². The summed E-state index contributed by atoms with van der Waals surface area (Å²) < 4.78 is 11.2. The van der Waals surface area contributed by atoms with E-state index in [1.54, 1.807) is 0 Å². The first kappa shape index (κ1) is 38.8. The van der Waals surface area contributed by atoms with E-state index in [1.807, 2.05) is 12.3 Å². The van der Waals surface area contributed by atoms with Gasteiger partial charge in [-0.3, -0.25) is 4.68 Å². The number of allylic oxidation sites excluding steroid dienone is 2. The van der Waals surface area contributed by atoms with Crippen LogP contribution in [-0.4, -0.2) is 19.3 Å². The van der Waals surface area contributed by atoms with E-state index >= 15 is 0 Å². The van der Waals surface area contributed by atoms with Crippen LogP contribution in [0.5, 0.6) is 11.5 Å². The second-order valence-corrected chi connectivity index (χ2v) is 16.2. The maximum Gasteiger partial charge on any atom is 2.00 e. The molecule has 0 N–H and O–H groups in total. The van der Waals surface area contributed by atoms with E-state index in [9.17, 15) is 0 Å². The van der Waals surface area contributed by atoms with Crippen LogP contribution in [0, 0.1) is 18.1 Å². The minimum atomic E-state index is -0.112. The van der Waals surface area contributed by atoms with Gasteiger partial charge in [0.25, 0.3) is 0 Å². The van der Waals surface area contributed by atoms with Gasteiger partial charge in [-0.05, 0) is 84.7 Å². The maximum atomic E-state index is 6.77. The van der Waals surface area contributed by atoms with Gasteiger partial charge in [-0.1, -0.05) is 104 Å². The third-order valence-corrected chi connectivity index (χ3v) is 10.9. The summed E-state index contributed by atoms with van der Waals surface area (Å²) in [7, 11) is 0. The smallest absolute Gasteiger partial charge is 0.509 e. The Morgan fingerprint density at radius 3 is 2.42 bits per heavy atom. The average molecular weight is 886 g/mol.